The molecule has 15 heavy (non-hydrogen) atoms. The van der Waals surface area contributed by atoms with Crippen LogP contribution in [0.5, 0.6) is 0 Å². The largest absolute Gasteiger partial charge is 0.358 e. The fourth-order valence-electron chi connectivity index (χ4n) is 1.57. The first kappa shape index (κ1) is 12.2. The zero-order chi connectivity index (χ0) is 11.3. The number of nitrogens with one attached hydrogen (secondary N) is 1. The van der Waals surface area contributed by atoms with Gasteiger partial charge in [0.1, 0.15) is 5.78 Å². The minimum Gasteiger partial charge on any atom is -0.358 e. The zero-order valence-corrected chi connectivity index (χ0v) is 9.58. The highest BCUT2D eigenvalue weighted by Crippen LogP contribution is 2.29. The van der Waals surface area contributed by atoms with Crippen LogP contribution in [0.15, 0.2) is 0 Å². The summed E-state index contributed by atoms with van der Waals surface area (Å²) in [7, 11) is 1.62. The van der Waals surface area contributed by atoms with E-state index in [-0.39, 0.29) is 11.8 Å². The summed E-state index contributed by atoms with van der Waals surface area (Å²) in [5.74, 6) is 0.563. The van der Waals surface area contributed by atoms with Gasteiger partial charge in [0, 0.05) is 13.0 Å². The van der Waals surface area contributed by atoms with Crippen molar-refractivity contribution in [1.29, 1.82) is 0 Å². The minimum absolute atomic E-state index is 0.0213. The average molecular weight is 212 g/mol. The molecule has 0 bridgehead atoms. The predicted molar refractivity (Wildman–Crippen MR) is 58.5 cm³/mol. The van der Waals surface area contributed by atoms with Crippen molar-refractivity contribution >= 4 is 11.7 Å². The summed E-state index contributed by atoms with van der Waals surface area (Å²) >= 11 is 0. The Morgan fingerprint density at radius 3 is 2.47 bits per heavy atom. The van der Waals surface area contributed by atoms with Crippen molar-refractivity contribution < 1.29 is 9.59 Å². The maximum atomic E-state index is 11.6. The van der Waals surface area contributed by atoms with Gasteiger partial charge in [0.25, 0.3) is 0 Å². The van der Waals surface area contributed by atoms with E-state index in [1.807, 2.05) is 4.90 Å². The van der Waals surface area contributed by atoms with Gasteiger partial charge in [0.05, 0.1) is 13.1 Å². The third-order valence-electron chi connectivity index (χ3n) is 2.60. The van der Waals surface area contributed by atoms with E-state index in [1.54, 1.807) is 7.05 Å². The smallest absolute Gasteiger partial charge is 0.233 e. The lowest BCUT2D eigenvalue weighted by Gasteiger charge is -2.19. The molecular formula is C11H20N2O2. The first-order chi connectivity index (χ1) is 7.17. The normalized spacial score (nSPS) is 15.4. The van der Waals surface area contributed by atoms with E-state index in [2.05, 4.69) is 12.2 Å². The van der Waals surface area contributed by atoms with Crippen LogP contribution in [0.25, 0.3) is 0 Å². The van der Waals surface area contributed by atoms with Gasteiger partial charge in [-0.15, -0.1) is 0 Å². The number of rotatable bonds is 7. The summed E-state index contributed by atoms with van der Waals surface area (Å²) in [6, 6.07) is 0. The highest BCUT2D eigenvalue weighted by atomic mass is 16.2. The molecule has 1 N–H and O–H groups in total. The fraction of sp³-hybridized carbons (Fsp3) is 0.818. The molecule has 0 aromatic carbocycles. The Labute approximate surface area is 91.0 Å². The zero-order valence-electron chi connectivity index (χ0n) is 9.58. The van der Waals surface area contributed by atoms with Crippen molar-refractivity contribution in [2.24, 2.45) is 5.92 Å². The molecule has 0 spiro atoms. The number of carbonyl (C=O) groups excluding carboxylic acids is 2. The summed E-state index contributed by atoms with van der Waals surface area (Å²) in [5.41, 5.74) is 0. The number of carbonyl (C=O) groups is 2. The summed E-state index contributed by atoms with van der Waals surface area (Å²) in [4.78, 5) is 24.7. The minimum atomic E-state index is -0.0213. The average Bonchev–Trinajstić information content (AvgIpc) is 3.00. The van der Waals surface area contributed by atoms with E-state index < -0.39 is 0 Å². The Hall–Kier alpha value is -0.900. The third kappa shape index (κ3) is 4.42. The van der Waals surface area contributed by atoms with Crippen molar-refractivity contribution in [3.63, 3.8) is 0 Å². The van der Waals surface area contributed by atoms with E-state index in [9.17, 15) is 9.59 Å². The van der Waals surface area contributed by atoms with Crippen LogP contribution in [-0.2, 0) is 9.59 Å². The number of ketones is 1. The van der Waals surface area contributed by atoms with Gasteiger partial charge in [0.15, 0.2) is 0 Å². The second-order valence-electron chi connectivity index (χ2n) is 4.12. The molecule has 0 aromatic rings. The van der Waals surface area contributed by atoms with Crippen LogP contribution in [0.3, 0.4) is 0 Å². The van der Waals surface area contributed by atoms with Crippen LogP contribution in [0, 0.1) is 5.92 Å². The summed E-state index contributed by atoms with van der Waals surface area (Å²) in [5, 5.41) is 2.58. The summed E-state index contributed by atoms with van der Waals surface area (Å²) < 4.78 is 0. The number of amides is 1. The standard InChI is InChI=1S/C11H20N2O2/c1-3-6-13(8-11(15)12-2)7-10(14)9-4-5-9/h9H,3-8H2,1-2H3,(H,12,15). The Balaban J connectivity index is 2.34. The maximum absolute atomic E-state index is 11.6. The number of hydrogen-bond donors (Lipinski definition) is 1. The summed E-state index contributed by atoms with van der Waals surface area (Å²) in [6.07, 6.45) is 3.05. The molecule has 0 heterocycles. The second-order valence-corrected chi connectivity index (χ2v) is 4.12. The van der Waals surface area contributed by atoms with Crippen LogP contribution in [0.4, 0.5) is 0 Å². The van der Waals surface area contributed by atoms with Crippen LogP contribution in [0.1, 0.15) is 26.2 Å². The lowest BCUT2D eigenvalue weighted by molar-refractivity contribution is -0.124. The Bertz CT molecular complexity index is 237. The first-order valence-electron chi connectivity index (χ1n) is 5.63. The molecule has 0 radical (unpaired) electrons. The molecule has 0 unspecified atom stereocenters. The first-order valence-corrected chi connectivity index (χ1v) is 5.63. The van der Waals surface area contributed by atoms with Crippen LogP contribution < -0.4 is 5.32 Å². The molecule has 4 heteroatoms. The maximum Gasteiger partial charge on any atom is 0.233 e. The molecule has 0 atom stereocenters. The molecule has 1 aliphatic rings. The van der Waals surface area contributed by atoms with Crippen molar-refractivity contribution in [3.8, 4) is 0 Å². The lowest BCUT2D eigenvalue weighted by atomic mass is 10.2. The van der Waals surface area contributed by atoms with Gasteiger partial charge in [-0.25, -0.2) is 0 Å². The van der Waals surface area contributed by atoms with Gasteiger partial charge >= 0.3 is 0 Å². The molecule has 1 rings (SSSR count). The van der Waals surface area contributed by atoms with E-state index in [0.717, 1.165) is 25.8 Å². The van der Waals surface area contributed by atoms with E-state index >= 15 is 0 Å². The summed E-state index contributed by atoms with van der Waals surface area (Å²) in [6.45, 7) is 3.64. The lowest BCUT2D eigenvalue weighted by Crippen LogP contribution is -2.39. The topological polar surface area (TPSA) is 49.4 Å². The third-order valence-corrected chi connectivity index (χ3v) is 2.60. The molecular weight excluding hydrogens is 192 g/mol. The SMILES string of the molecule is CCCN(CC(=O)NC)CC(=O)C1CC1. The molecule has 1 saturated carbocycles. The molecule has 86 valence electrons. The second kappa shape index (κ2) is 5.85. The van der Waals surface area contributed by atoms with E-state index in [0.29, 0.717) is 18.9 Å². The van der Waals surface area contributed by atoms with Crippen LogP contribution >= 0.6 is 0 Å². The number of likely N-dealkylation sites (N-methyl/N-ethyl adjacent to an activating group) is 1. The molecule has 1 fully saturated rings. The van der Waals surface area contributed by atoms with Crippen molar-refractivity contribution in [3.05, 3.63) is 0 Å². The number of hydrogen-bond acceptors (Lipinski definition) is 3. The van der Waals surface area contributed by atoms with E-state index in [1.165, 1.54) is 0 Å². The molecule has 0 aliphatic heterocycles. The van der Waals surface area contributed by atoms with Crippen LogP contribution in [-0.4, -0.2) is 43.3 Å². The molecule has 1 aliphatic carbocycles. The van der Waals surface area contributed by atoms with Crippen molar-refractivity contribution in [2.75, 3.05) is 26.7 Å². The molecule has 0 aromatic heterocycles. The van der Waals surface area contributed by atoms with Gasteiger partial charge in [-0.3, -0.25) is 14.5 Å². The molecule has 4 nitrogen and oxygen atoms in total. The number of nitrogens with zero attached hydrogens (tertiary/aromatic N) is 1. The number of Topliss-reactive ketones (excluding diaryl/α,β-unsaturated/α-hetero) is 1. The van der Waals surface area contributed by atoms with Gasteiger partial charge < -0.3 is 5.32 Å². The van der Waals surface area contributed by atoms with Gasteiger partial charge in [0.2, 0.25) is 5.91 Å². The highest BCUT2D eigenvalue weighted by Gasteiger charge is 2.30. The van der Waals surface area contributed by atoms with Gasteiger partial charge in [-0.05, 0) is 25.8 Å². The van der Waals surface area contributed by atoms with Gasteiger partial charge in [-0.2, -0.15) is 0 Å². The fourth-order valence-corrected chi connectivity index (χ4v) is 1.57. The quantitative estimate of drug-likeness (QED) is 0.665. The van der Waals surface area contributed by atoms with E-state index in [4.69, 9.17) is 0 Å². The predicted octanol–water partition coefficient (Wildman–Crippen LogP) is 0.423. The molecule has 0 saturated heterocycles. The van der Waals surface area contributed by atoms with Crippen LogP contribution in [0.2, 0.25) is 0 Å². The van der Waals surface area contributed by atoms with Gasteiger partial charge in [-0.1, -0.05) is 6.92 Å². The Morgan fingerprint density at radius 1 is 1.33 bits per heavy atom. The monoisotopic (exact) mass is 212 g/mol. The van der Waals surface area contributed by atoms with Crippen molar-refractivity contribution in [1.82, 2.24) is 10.2 Å². The highest BCUT2D eigenvalue weighted by molar-refractivity contribution is 5.85. The Morgan fingerprint density at radius 2 is 2.00 bits per heavy atom. The van der Waals surface area contributed by atoms with Crippen molar-refractivity contribution in [2.45, 2.75) is 26.2 Å². The molecule has 1 amide bonds. The Kier molecular flexibility index (Phi) is 4.75.